The molecule has 11 heavy (non-hydrogen) atoms. The predicted octanol–water partition coefficient (Wildman–Crippen LogP) is -0.824. The third kappa shape index (κ3) is 2.05. The summed E-state index contributed by atoms with van der Waals surface area (Å²) in [6.45, 7) is 0.0376. The Morgan fingerprint density at radius 2 is 2.09 bits per heavy atom. The molecule has 0 atom stereocenters. The minimum Gasteiger partial charge on any atom is -0.396 e. The lowest BCUT2D eigenvalue weighted by molar-refractivity contribution is 0.298. The summed E-state index contributed by atoms with van der Waals surface area (Å²) < 4.78 is 0. The quantitative estimate of drug-likeness (QED) is 0.516. The van der Waals surface area contributed by atoms with Crippen molar-refractivity contribution in [2.45, 2.75) is 6.42 Å². The van der Waals surface area contributed by atoms with E-state index in [1.165, 1.54) is 0 Å². The molecule has 1 heterocycles. The number of aromatic nitrogens is 2. The van der Waals surface area contributed by atoms with Crippen LogP contribution in [0.25, 0.3) is 0 Å². The minimum atomic E-state index is 0.0376. The highest BCUT2D eigenvalue weighted by molar-refractivity contribution is 5.35. The molecule has 0 aliphatic rings. The summed E-state index contributed by atoms with van der Waals surface area (Å²) in [5, 5.41) is 8.56. The van der Waals surface area contributed by atoms with Gasteiger partial charge in [0.1, 0.15) is 5.82 Å². The second-order valence-electron chi connectivity index (χ2n) is 2.12. The molecule has 1 rings (SSSR count). The van der Waals surface area contributed by atoms with Crippen LogP contribution in [0.2, 0.25) is 0 Å². The number of hydrogen-bond donors (Lipinski definition) is 3. The summed E-state index contributed by atoms with van der Waals surface area (Å²) in [6, 6.07) is 1.59. The molecule has 5 nitrogen and oxygen atoms in total. The van der Waals surface area contributed by atoms with Crippen molar-refractivity contribution in [2.75, 3.05) is 18.1 Å². The maximum absolute atomic E-state index is 8.56. The standard InChI is InChI=1S/C6H10N4O/c7-5-3-4(1-2-11)9-6(8)10-5/h3,11H,1-2H2,(H4,7,8,9,10). The van der Waals surface area contributed by atoms with E-state index in [1.807, 2.05) is 0 Å². The van der Waals surface area contributed by atoms with Crippen molar-refractivity contribution in [3.63, 3.8) is 0 Å². The van der Waals surface area contributed by atoms with Crippen LogP contribution in [0, 0.1) is 0 Å². The molecular formula is C6H10N4O. The van der Waals surface area contributed by atoms with Gasteiger partial charge >= 0.3 is 0 Å². The van der Waals surface area contributed by atoms with E-state index >= 15 is 0 Å². The Balaban J connectivity index is 2.89. The molecule has 0 saturated heterocycles. The van der Waals surface area contributed by atoms with Gasteiger partial charge in [0.2, 0.25) is 5.95 Å². The Bertz CT molecular complexity index is 230. The molecule has 0 aliphatic heterocycles. The van der Waals surface area contributed by atoms with E-state index in [9.17, 15) is 0 Å². The first-order valence-corrected chi connectivity index (χ1v) is 3.22. The van der Waals surface area contributed by atoms with Gasteiger partial charge in [0.15, 0.2) is 0 Å². The molecule has 0 fully saturated rings. The van der Waals surface area contributed by atoms with Crippen molar-refractivity contribution in [2.24, 2.45) is 0 Å². The Morgan fingerprint density at radius 3 is 2.64 bits per heavy atom. The van der Waals surface area contributed by atoms with E-state index in [0.717, 1.165) is 0 Å². The fourth-order valence-electron chi connectivity index (χ4n) is 0.782. The smallest absolute Gasteiger partial charge is 0.222 e. The number of anilines is 2. The van der Waals surface area contributed by atoms with Crippen LogP contribution in [-0.4, -0.2) is 21.7 Å². The van der Waals surface area contributed by atoms with Gasteiger partial charge in [0.05, 0.1) is 5.69 Å². The van der Waals surface area contributed by atoms with E-state index in [-0.39, 0.29) is 12.6 Å². The molecule has 0 saturated carbocycles. The van der Waals surface area contributed by atoms with E-state index in [0.29, 0.717) is 17.9 Å². The minimum absolute atomic E-state index is 0.0376. The van der Waals surface area contributed by atoms with E-state index in [1.54, 1.807) is 6.07 Å². The Labute approximate surface area is 64.1 Å². The summed E-state index contributed by atoms with van der Waals surface area (Å²) in [6.07, 6.45) is 0.455. The summed E-state index contributed by atoms with van der Waals surface area (Å²) in [4.78, 5) is 7.53. The molecule has 0 unspecified atom stereocenters. The lowest BCUT2D eigenvalue weighted by Crippen LogP contribution is -2.03. The Morgan fingerprint density at radius 1 is 1.36 bits per heavy atom. The monoisotopic (exact) mass is 154 g/mol. The highest BCUT2D eigenvalue weighted by Crippen LogP contribution is 2.03. The molecule has 0 aliphatic carbocycles. The van der Waals surface area contributed by atoms with Gasteiger partial charge in [-0.05, 0) is 0 Å². The number of hydrogen-bond acceptors (Lipinski definition) is 5. The van der Waals surface area contributed by atoms with E-state index in [2.05, 4.69) is 9.97 Å². The number of aliphatic hydroxyl groups is 1. The van der Waals surface area contributed by atoms with Gasteiger partial charge in [-0.3, -0.25) is 0 Å². The first kappa shape index (κ1) is 7.74. The molecule has 60 valence electrons. The number of nitrogens with zero attached hydrogens (tertiary/aromatic N) is 2. The number of nitrogens with two attached hydrogens (primary N) is 2. The first-order valence-electron chi connectivity index (χ1n) is 3.22. The summed E-state index contributed by atoms with van der Waals surface area (Å²) in [5.41, 5.74) is 11.3. The van der Waals surface area contributed by atoms with Crippen molar-refractivity contribution < 1.29 is 5.11 Å². The number of nitrogen functional groups attached to an aromatic ring is 2. The lowest BCUT2D eigenvalue weighted by atomic mass is 10.3. The average molecular weight is 154 g/mol. The van der Waals surface area contributed by atoms with Crippen LogP contribution < -0.4 is 11.5 Å². The van der Waals surface area contributed by atoms with Crippen LogP contribution in [0.3, 0.4) is 0 Å². The molecule has 5 N–H and O–H groups in total. The molecule has 5 heteroatoms. The molecule has 0 spiro atoms. The summed E-state index contributed by atoms with van der Waals surface area (Å²) >= 11 is 0. The first-order chi connectivity index (χ1) is 5.22. The van der Waals surface area contributed by atoms with Crippen LogP contribution in [0.5, 0.6) is 0 Å². The van der Waals surface area contributed by atoms with Gasteiger partial charge in [0.25, 0.3) is 0 Å². The molecular weight excluding hydrogens is 144 g/mol. The fraction of sp³-hybridized carbons (Fsp3) is 0.333. The molecule has 1 aromatic heterocycles. The molecule has 0 amide bonds. The van der Waals surface area contributed by atoms with Crippen LogP contribution in [-0.2, 0) is 6.42 Å². The zero-order chi connectivity index (χ0) is 8.27. The normalized spacial score (nSPS) is 9.91. The van der Waals surface area contributed by atoms with Gasteiger partial charge in [0, 0.05) is 19.1 Å². The molecule has 1 aromatic rings. The summed E-state index contributed by atoms with van der Waals surface area (Å²) in [7, 11) is 0. The average Bonchev–Trinajstić information content (AvgIpc) is 1.85. The molecule has 0 bridgehead atoms. The van der Waals surface area contributed by atoms with Crippen molar-refractivity contribution in [1.29, 1.82) is 0 Å². The number of rotatable bonds is 2. The van der Waals surface area contributed by atoms with Gasteiger partial charge in [-0.25, -0.2) is 4.98 Å². The lowest BCUT2D eigenvalue weighted by Gasteiger charge is -1.99. The van der Waals surface area contributed by atoms with E-state index < -0.39 is 0 Å². The topological polar surface area (TPSA) is 98.0 Å². The second-order valence-corrected chi connectivity index (χ2v) is 2.12. The van der Waals surface area contributed by atoms with Crippen molar-refractivity contribution in [3.05, 3.63) is 11.8 Å². The molecule has 0 radical (unpaired) electrons. The van der Waals surface area contributed by atoms with Gasteiger partial charge in [-0.15, -0.1) is 0 Å². The van der Waals surface area contributed by atoms with Crippen molar-refractivity contribution in [1.82, 2.24) is 9.97 Å². The second kappa shape index (κ2) is 3.16. The Kier molecular flexibility index (Phi) is 2.22. The summed E-state index contributed by atoms with van der Waals surface area (Å²) in [5.74, 6) is 0.481. The predicted molar refractivity (Wildman–Crippen MR) is 41.6 cm³/mol. The van der Waals surface area contributed by atoms with Crippen LogP contribution in [0.1, 0.15) is 5.69 Å². The maximum Gasteiger partial charge on any atom is 0.222 e. The zero-order valence-electron chi connectivity index (χ0n) is 5.99. The van der Waals surface area contributed by atoms with Crippen LogP contribution >= 0.6 is 0 Å². The SMILES string of the molecule is Nc1cc(CCO)nc(N)n1. The van der Waals surface area contributed by atoms with Gasteiger partial charge in [-0.2, -0.15) is 4.98 Å². The van der Waals surface area contributed by atoms with Crippen molar-refractivity contribution >= 4 is 11.8 Å². The zero-order valence-corrected chi connectivity index (χ0v) is 5.99. The molecule has 0 aromatic carbocycles. The van der Waals surface area contributed by atoms with Crippen LogP contribution in [0.15, 0.2) is 6.07 Å². The van der Waals surface area contributed by atoms with E-state index in [4.69, 9.17) is 16.6 Å². The third-order valence-corrected chi connectivity index (χ3v) is 1.18. The largest absolute Gasteiger partial charge is 0.396 e. The maximum atomic E-state index is 8.56. The highest BCUT2D eigenvalue weighted by atomic mass is 16.3. The van der Waals surface area contributed by atoms with Gasteiger partial charge < -0.3 is 16.6 Å². The highest BCUT2D eigenvalue weighted by Gasteiger charge is 1.97. The Hall–Kier alpha value is -1.36. The fourth-order valence-corrected chi connectivity index (χ4v) is 0.782. The van der Waals surface area contributed by atoms with Gasteiger partial charge in [-0.1, -0.05) is 0 Å². The van der Waals surface area contributed by atoms with Crippen LogP contribution in [0.4, 0.5) is 11.8 Å². The van der Waals surface area contributed by atoms with Crippen molar-refractivity contribution in [3.8, 4) is 0 Å². The third-order valence-electron chi connectivity index (χ3n) is 1.18. The number of aliphatic hydroxyl groups excluding tert-OH is 1.